The zero-order valence-electron chi connectivity index (χ0n) is 18.0. The van der Waals surface area contributed by atoms with Gasteiger partial charge >= 0.3 is 18.0 Å². The molecule has 0 bridgehead atoms. The van der Waals surface area contributed by atoms with Crippen LogP contribution in [-0.2, 0) is 19.2 Å². The number of rotatable bonds is 9. The van der Waals surface area contributed by atoms with E-state index in [-0.39, 0.29) is 25.0 Å². The van der Waals surface area contributed by atoms with Gasteiger partial charge in [0, 0.05) is 6.42 Å². The zero-order valence-corrected chi connectivity index (χ0v) is 18.8. The Hall–Kier alpha value is -3.74. The number of amides is 3. The Morgan fingerprint density at radius 2 is 1.85 bits per heavy atom. The van der Waals surface area contributed by atoms with Crippen molar-refractivity contribution in [3.8, 4) is 5.75 Å². The summed E-state index contributed by atoms with van der Waals surface area (Å²) in [6, 6.07) is 5.84. The predicted octanol–water partition coefficient (Wildman–Crippen LogP) is 1.04. The summed E-state index contributed by atoms with van der Waals surface area (Å²) in [5.74, 6) is -4.09. The van der Waals surface area contributed by atoms with Crippen LogP contribution in [0.15, 0.2) is 41.8 Å². The van der Waals surface area contributed by atoms with Crippen LogP contribution in [0.1, 0.15) is 26.2 Å². The Morgan fingerprint density at radius 3 is 2.47 bits per heavy atom. The zero-order chi connectivity index (χ0) is 25.0. The molecule has 1 aromatic rings. The summed E-state index contributed by atoms with van der Waals surface area (Å²) in [7, 11) is 0. The van der Waals surface area contributed by atoms with E-state index < -0.39 is 64.0 Å². The summed E-state index contributed by atoms with van der Waals surface area (Å²) in [5, 5.41) is 32.1. The van der Waals surface area contributed by atoms with E-state index in [4.69, 9.17) is 4.74 Å². The monoisotopic (exact) mass is 493 g/mol. The number of ether oxygens (including phenoxy) is 1. The van der Waals surface area contributed by atoms with Crippen molar-refractivity contribution in [3.05, 3.63) is 41.8 Å². The number of carbonyl (C=O) groups excluding carboxylic acids is 3. The van der Waals surface area contributed by atoms with Crippen molar-refractivity contribution in [3.63, 3.8) is 0 Å². The number of para-hydroxylation sites is 1. The lowest BCUT2D eigenvalue weighted by atomic mass is 10.0. The largest absolute Gasteiger partial charge is 0.509 e. The van der Waals surface area contributed by atoms with Crippen LogP contribution >= 0.6 is 11.8 Å². The summed E-state index contributed by atoms with van der Waals surface area (Å²) >= 11 is 1.14. The fourth-order valence-electron chi connectivity index (χ4n) is 3.51. The van der Waals surface area contributed by atoms with Crippen molar-refractivity contribution in [2.75, 3.05) is 0 Å². The van der Waals surface area contributed by atoms with Crippen molar-refractivity contribution in [1.29, 1.82) is 0 Å². The second kappa shape index (κ2) is 10.5. The van der Waals surface area contributed by atoms with E-state index >= 15 is 0 Å². The SMILES string of the molecule is CC1S[C@@H]2[C@H](NC(=O)CCC[C@@H](NC(=O)Oc3ccccc3)C(=O)O)C(=O)N2C(C(=O)O)=C1O. The molecule has 2 aliphatic rings. The maximum atomic E-state index is 12.4. The molecule has 1 fully saturated rings. The molecule has 5 N–H and O–H groups in total. The Balaban J connectivity index is 1.48. The maximum Gasteiger partial charge on any atom is 0.413 e. The Morgan fingerprint density at radius 1 is 1.18 bits per heavy atom. The van der Waals surface area contributed by atoms with Crippen LogP contribution in [-0.4, -0.2) is 72.8 Å². The van der Waals surface area contributed by atoms with Gasteiger partial charge in [0.05, 0.1) is 5.25 Å². The van der Waals surface area contributed by atoms with Crippen LogP contribution in [0.2, 0.25) is 0 Å². The standard InChI is InChI=1S/C21H23N3O9S/c1-10-16(26)15(20(30)31)24-17(27)14(18(24)34-10)23-13(25)9-5-8-12(19(28)29)22-21(32)33-11-6-3-2-4-7-11/h2-4,6-7,10,12,14,18,26H,5,8-9H2,1H3,(H,22,32)(H,23,25)(H,28,29)(H,30,31)/t10?,12-,14-,18-/m1/s1. The molecule has 1 unspecified atom stereocenters. The average molecular weight is 493 g/mol. The number of carboxylic acid groups (broad SMARTS) is 2. The molecule has 0 spiro atoms. The minimum absolute atomic E-state index is 0.0631. The number of nitrogens with zero attached hydrogens (tertiary/aromatic N) is 1. The van der Waals surface area contributed by atoms with E-state index in [2.05, 4.69) is 10.6 Å². The van der Waals surface area contributed by atoms with E-state index in [9.17, 15) is 39.3 Å². The number of aliphatic hydroxyl groups excluding tert-OH is 1. The smallest absolute Gasteiger partial charge is 0.413 e. The fraction of sp³-hybridized carbons (Fsp3) is 0.381. The molecule has 0 aliphatic carbocycles. The van der Waals surface area contributed by atoms with Crippen molar-refractivity contribution in [1.82, 2.24) is 15.5 Å². The first-order valence-corrected chi connectivity index (χ1v) is 11.2. The maximum absolute atomic E-state index is 12.4. The fourth-order valence-corrected chi connectivity index (χ4v) is 4.84. The van der Waals surface area contributed by atoms with E-state index in [1.165, 1.54) is 12.1 Å². The van der Waals surface area contributed by atoms with Gasteiger partial charge in [0.1, 0.15) is 29.0 Å². The third-order valence-corrected chi connectivity index (χ3v) is 6.61. The second-order valence-corrected chi connectivity index (χ2v) is 9.05. The number of benzene rings is 1. The first-order valence-electron chi connectivity index (χ1n) is 10.3. The topological polar surface area (TPSA) is 183 Å². The van der Waals surface area contributed by atoms with Gasteiger partial charge in [0.15, 0.2) is 5.70 Å². The van der Waals surface area contributed by atoms with E-state index in [0.717, 1.165) is 16.7 Å². The van der Waals surface area contributed by atoms with E-state index in [0.29, 0.717) is 0 Å². The Bertz CT molecular complexity index is 1030. The Labute approximate surface area is 197 Å². The number of β-lactam (4-membered cyclic amide) rings is 1. The van der Waals surface area contributed by atoms with Crippen LogP contribution in [0.4, 0.5) is 4.79 Å². The lowest BCUT2D eigenvalue weighted by Crippen LogP contribution is -2.71. The van der Waals surface area contributed by atoms with Crippen molar-refractivity contribution in [2.45, 2.75) is 48.9 Å². The van der Waals surface area contributed by atoms with Crippen LogP contribution in [0, 0.1) is 0 Å². The van der Waals surface area contributed by atoms with Crippen LogP contribution in [0.5, 0.6) is 5.75 Å². The highest BCUT2D eigenvalue weighted by molar-refractivity contribution is 8.00. The van der Waals surface area contributed by atoms with Gasteiger partial charge in [-0.05, 0) is 31.9 Å². The molecule has 4 atom stereocenters. The summed E-state index contributed by atoms with van der Waals surface area (Å²) in [4.78, 5) is 60.4. The molecule has 3 amide bonds. The highest BCUT2D eigenvalue weighted by Crippen LogP contribution is 2.43. The van der Waals surface area contributed by atoms with Gasteiger partial charge in [-0.3, -0.25) is 14.5 Å². The van der Waals surface area contributed by atoms with Crippen molar-refractivity contribution in [2.24, 2.45) is 0 Å². The minimum Gasteiger partial charge on any atom is -0.509 e. The molecule has 2 heterocycles. The van der Waals surface area contributed by atoms with Crippen molar-refractivity contribution < 1.29 is 44.0 Å². The highest BCUT2D eigenvalue weighted by Gasteiger charge is 2.55. The normalized spacial score (nSPS) is 22.2. The summed E-state index contributed by atoms with van der Waals surface area (Å²) in [6.07, 6.45) is -1.04. The molecular weight excluding hydrogens is 470 g/mol. The molecule has 2 aliphatic heterocycles. The van der Waals surface area contributed by atoms with Crippen molar-refractivity contribution >= 4 is 41.6 Å². The van der Waals surface area contributed by atoms with Gasteiger partial charge < -0.3 is 30.7 Å². The number of hydrogen-bond donors (Lipinski definition) is 5. The second-order valence-electron chi connectivity index (χ2n) is 7.59. The Kier molecular flexibility index (Phi) is 7.66. The van der Waals surface area contributed by atoms with Gasteiger partial charge in [-0.15, -0.1) is 11.8 Å². The summed E-state index contributed by atoms with van der Waals surface area (Å²) < 4.78 is 5.00. The summed E-state index contributed by atoms with van der Waals surface area (Å²) in [5.41, 5.74) is -0.496. The van der Waals surface area contributed by atoms with Gasteiger partial charge in [-0.2, -0.15) is 0 Å². The van der Waals surface area contributed by atoms with Crippen LogP contribution in [0.25, 0.3) is 0 Å². The molecule has 34 heavy (non-hydrogen) atoms. The lowest BCUT2D eigenvalue weighted by Gasteiger charge is -2.49. The number of fused-ring (bicyclic) bond motifs is 1. The van der Waals surface area contributed by atoms with E-state index in [1.807, 2.05) is 0 Å². The van der Waals surface area contributed by atoms with Crippen LogP contribution < -0.4 is 15.4 Å². The molecule has 182 valence electrons. The molecule has 0 saturated carbocycles. The third kappa shape index (κ3) is 5.42. The first-order chi connectivity index (χ1) is 16.1. The number of aliphatic carboxylic acids is 2. The molecule has 3 rings (SSSR count). The summed E-state index contributed by atoms with van der Waals surface area (Å²) in [6.45, 7) is 1.59. The average Bonchev–Trinajstić information content (AvgIpc) is 2.78. The molecule has 1 aromatic carbocycles. The third-order valence-electron chi connectivity index (χ3n) is 5.21. The number of aliphatic hydroxyl groups is 1. The van der Waals surface area contributed by atoms with E-state index in [1.54, 1.807) is 25.1 Å². The molecule has 1 saturated heterocycles. The minimum atomic E-state index is -1.44. The van der Waals surface area contributed by atoms with Crippen LogP contribution in [0.3, 0.4) is 0 Å². The number of carbonyl (C=O) groups is 5. The molecule has 0 aromatic heterocycles. The van der Waals surface area contributed by atoms with Gasteiger partial charge in [0.25, 0.3) is 5.91 Å². The van der Waals surface area contributed by atoms with Gasteiger partial charge in [-0.25, -0.2) is 14.4 Å². The first kappa shape index (κ1) is 24.9. The number of hydrogen-bond acceptors (Lipinski definition) is 8. The van der Waals surface area contributed by atoms with Gasteiger partial charge in [-0.1, -0.05) is 18.2 Å². The molecular formula is C21H23N3O9S. The predicted molar refractivity (Wildman–Crippen MR) is 118 cm³/mol. The quantitative estimate of drug-likeness (QED) is 0.312. The number of carboxylic acids is 2. The highest BCUT2D eigenvalue weighted by atomic mass is 32.2. The molecule has 0 radical (unpaired) electrons. The molecule has 12 nitrogen and oxygen atoms in total. The number of nitrogens with one attached hydrogen (secondary N) is 2. The lowest BCUT2D eigenvalue weighted by molar-refractivity contribution is -0.151. The number of thioether (sulfide) groups is 1. The molecule has 13 heteroatoms. The van der Waals surface area contributed by atoms with Gasteiger partial charge in [0.2, 0.25) is 5.91 Å².